The maximum absolute atomic E-state index is 12.8. The summed E-state index contributed by atoms with van der Waals surface area (Å²) in [7, 11) is 0. The van der Waals surface area contributed by atoms with Gasteiger partial charge in [-0.05, 0) is 48.4 Å². The molecule has 0 saturated carbocycles. The number of rotatable bonds is 4. The van der Waals surface area contributed by atoms with E-state index in [-0.39, 0.29) is 5.69 Å². The minimum atomic E-state index is -0.802. The third-order valence-corrected chi connectivity index (χ3v) is 5.19. The second-order valence-corrected chi connectivity index (χ2v) is 7.31. The summed E-state index contributed by atoms with van der Waals surface area (Å²) >= 11 is 0. The Labute approximate surface area is 175 Å². The van der Waals surface area contributed by atoms with Crippen LogP contribution in [0.4, 0.5) is 5.69 Å². The van der Waals surface area contributed by atoms with Gasteiger partial charge in [0.05, 0.1) is 16.9 Å². The SMILES string of the molecule is Cc1nc(C(=O)NC(C)C(=O)Nc2cccc3nonc23)cc2c1[nH]c1ccccc12. The van der Waals surface area contributed by atoms with Crippen molar-refractivity contribution in [2.45, 2.75) is 19.9 Å². The molecule has 0 saturated heterocycles. The zero-order valence-corrected chi connectivity index (χ0v) is 16.8. The fourth-order valence-corrected chi connectivity index (χ4v) is 3.60. The molecule has 31 heavy (non-hydrogen) atoms. The van der Waals surface area contributed by atoms with Crippen LogP contribution in [-0.4, -0.2) is 38.1 Å². The number of hydrogen-bond donors (Lipinski definition) is 3. The molecular formula is C22H18N6O3. The Bertz CT molecular complexity index is 1470. The van der Waals surface area contributed by atoms with Gasteiger partial charge in [0, 0.05) is 16.3 Å². The Morgan fingerprint density at radius 3 is 2.77 bits per heavy atom. The number of anilines is 1. The predicted octanol–water partition coefficient (Wildman–Crippen LogP) is 3.32. The number of para-hydroxylation sites is 1. The molecule has 0 fully saturated rings. The molecule has 2 amide bonds. The van der Waals surface area contributed by atoms with Crippen LogP contribution in [0.1, 0.15) is 23.1 Å². The standard InChI is InChI=1S/C22H18N6O3/c1-11-19-14(13-6-3-4-7-15(13)25-19)10-18(23-11)22(30)24-12(2)21(29)26-16-8-5-9-17-20(16)28-31-27-17/h3-10,12,25H,1-2H3,(H,24,30)(H,26,29). The zero-order chi connectivity index (χ0) is 21.5. The number of H-pyrrole nitrogens is 1. The highest BCUT2D eigenvalue weighted by Gasteiger charge is 2.20. The second-order valence-electron chi connectivity index (χ2n) is 7.31. The van der Waals surface area contributed by atoms with Crippen molar-refractivity contribution in [2.75, 3.05) is 5.32 Å². The molecule has 5 rings (SSSR count). The molecule has 3 N–H and O–H groups in total. The maximum atomic E-state index is 12.8. The first kappa shape index (κ1) is 18.7. The Kier molecular flexibility index (Phi) is 4.36. The summed E-state index contributed by atoms with van der Waals surface area (Å²) in [5.41, 5.74) is 4.25. The lowest BCUT2D eigenvalue weighted by atomic mass is 10.1. The summed E-state index contributed by atoms with van der Waals surface area (Å²) in [6, 6.07) is 13.9. The number of nitrogens with zero attached hydrogens (tertiary/aromatic N) is 3. The van der Waals surface area contributed by atoms with Gasteiger partial charge < -0.3 is 15.6 Å². The molecule has 3 heterocycles. The molecule has 9 nitrogen and oxygen atoms in total. The third kappa shape index (κ3) is 3.25. The molecule has 0 aliphatic rings. The van der Waals surface area contributed by atoms with Crippen molar-refractivity contribution in [3.8, 4) is 0 Å². The van der Waals surface area contributed by atoms with Crippen LogP contribution in [0.15, 0.2) is 53.2 Å². The second kappa shape index (κ2) is 7.21. The van der Waals surface area contributed by atoms with E-state index in [1.165, 1.54) is 0 Å². The average Bonchev–Trinajstić information content (AvgIpc) is 3.39. The van der Waals surface area contributed by atoms with E-state index >= 15 is 0 Å². The fourth-order valence-electron chi connectivity index (χ4n) is 3.60. The van der Waals surface area contributed by atoms with Crippen LogP contribution in [0, 0.1) is 6.92 Å². The Morgan fingerprint density at radius 1 is 1.06 bits per heavy atom. The molecule has 5 aromatic rings. The van der Waals surface area contributed by atoms with Gasteiger partial charge in [-0.2, -0.15) is 0 Å². The smallest absolute Gasteiger partial charge is 0.270 e. The minimum Gasteiger partial charge on any atom is -0.353 e. The third-order valence-electron chi connectivity index (χ3n) is 5.19. The monoisotopic (exact) mass is 414 g/mol. The number of aryl methyl sites for hydroxylation is 1. The van der Waals surface area contributed by atoms with Gasteiger partial charge in [0.1, 0.15) is 17.3 Å². The van der Waals surface area contributed by atoms with Crippen LogP contribution in [0.3, 0.4) is 0 Å². The van der Waals surface area contributed by atoms with Crippen LogP contribution in [0.5, 0.6) is 0 Å². The van der Waals surface area contributed by atoms with Gasteiger partial charge in [-0.1, -0.05) is 24.3 Å². The van der Waals surface area contributed by atoms with E-state index in [1.807, 2.05) is 31.2 Å². The topological polar surface area (TPSA) is 126 Å². The van der Waals surface area contributed by atoms with Crippen LogP contribution in [-0.2, 0) is 4.79 Å². The molecule has 3 aromatic heterocycles. The van der Waals surface area contributed by atoms with Crippen molar-refractivity contribution < 1.29 is 14.2 Å². The summed E-state index contributed by atoms with van der Waals surface area (Å²) in [5, 5.41) is 14.9. The lowest BCUT2D eigenvalue weighted by molar-refractivity contribution is -0.117. The van der Waals surface area contributed by atoms with E-state index in [0.29, 0.717) is 22.4 Å². The highest BCUT2D eigenvalue weighted by Crippen LogP contribution is 2.27. The van der Waals surface area contributed by atoms with Gasteiger partial charge >= 0.3 is 0 Å². The van der Waals surface area contributed by atoms with Gasteiger partial charge in [0.2, 0.25) is 5.91 Å². The number of benzene rings is 2. The van der Waals surface area contributed by atoms with E-state index in [4.69, 9.17) is 4.63 Å². The first-order valence-corrected chi connectivity index (χ1v) is 9.72. The molecule has 2 aromatic carbocycles. The quantitative estimate of drug-likeness (QED) is 0.414. The molecule has 0 bridgehead atoms. The average molecular weight is 414 g/mol. The summed E-state index contributed by atoms with van der Waals surface area (Å²) in [4.78, 5) is 33.2. The summed E-state index contributed by atoms with van der Waals surface area (Å²) in [5.74, 6) is -0.826. The fraction of sp³-hybridized carbons (Fsp3) is 0.136. The molecule has 0 spiro atoms. The van der Waals surface area contributed by atoms with Crippen molar-refractivity contribution in [1.82, 2.24) is 25.6 Å². The van der Waals surface area contributed by atoms with Crippen molar-refractivity contribution in [3.63, 3.8) is 0 Å². The summed E-state index contributed by atoms with van der Waals surface area (Å²) < 4.78 is 4.71. The maximum Gasteiger partial charge on any atom is 0.270 e. The zero-order valence-electron chi connectivity index (χ0n) is 16.8. The Morgan fingerprint density at radius 2 is 1.90 bits per heavy atom. The normalized spacial score (nSPS) is 12.3. The number of amides is 2. The highest BCUT2D eigenvalue weighted by atomic mass is 16.6. The van der Waals surface area contributed by atoms with Crippen molar-refractivity contribution in [2.24, 2.45) is 0 Å². The molecule has 1 unspecified atom stereocenters. The Balaban J connectivity index is 1.38. The van der Waals surface area contributed by atoms with Crippen molar-refractivity contribution in [3.05, 3.63) is 59.9 Å². The number of carbonyl (C=O) groups is 2. The predicted molar refractivity (Wildman–Crippen MR) is 116 cm³/mol. The molecule has 0 radical (unpaired) electrons. The van der Waals surface area contributed by atoms with Crippen molar-refractivity contribution >= 4 is 50.3 Å². The van der Waals surface area contributed by atoms with Crippen LogP contribution in [0.25, 0.3) is 32.8 Å². The molecular weight excluding hydrogens is 396 g/mol. The number of hydrogen-bond acceptors (Lipinski definition) is 6. The van der Waals surface area contributed by atoms with Gasteiger partial charge in [-0.3, -0.25) is 9.59 Å². The van der Waals surface area contributed by atoms with Gasteiger partial charge in [-0.25, -0.2) is 9.61 Å². The lowest BCUT2D eigenvalue weighted by Crippen LogP contribution is -2.42. The van der Waals surface area contributed by atoms with E-state index < -0.39 is 17.9 Å². The molecule has 1 atom stereocenters. The number of fused-ring (bicyclic) bond motifs is 4. The lowest BCUT2D eigenvalue weighted by Gasteiger charge is -2.14. The van der Waals surface area contributed by atoms with Crippen molar-refractivity contribution in [1.29, 1.82) is 0 Å². The number of aromatic amines is 1. The summed E-state index contributed by atoms with van der Waals surface area (Å²) in [6.45, 7) is 3.45. The van der Waals surface area contributed by atoms with E-state index in [0.717, 1.165) is 21.8 Å². The minimum absolute atomic E-state index is 0.247. The molecule has 0 aliphatic heterocycles. The van der Waals surface area contributed by atoms with Gasteiger partial charge in [0.15, 0.2) is 5.52 Å². The first-order valence-electron chi connectivity index (χ1n) is 9.72. The van der Waals surface area contributed by atoms with E-state index in [1.54, 1.807) is 31.2 Å². The molecule has 154 valence electrons. The van der Waals surface area contributed by atoms with E-state index in [9.17, 15) is 9.59 Å². The van der Waals surface area contributed by atoms with Crippen LogP contribution >= 0.6 is 0 Å². The summed E-state index contributed by atoms with van der Waals surface area (Å²) in [6.07, 6.45) is 0. The van der Waals surface area contributed by atoms with Gasteiger partial charge in [0.25, 0.3) is 5.91 Å². The van der Waals surface area contributed by atoms with E-state index in [2.05, 4.69) is 30.9 Å². The highest BCUT2D eigenvalue weighted by molar-refractivity contribution is 6.10. The Hall–Kier alpha value is -4.27. The van der Waals surface area contributed by atoms with Crippen LogP contribution in [0.2, 0.25) is 0 Å². The molecule has 9 heteroatoms. The number of nitrogens with one attached hydrogen (secondary N) is 3. The largest absolute Gasteiger partial charge is 0.353 e. The number of pyridine rings is 1. The van der Waals surface area contributed by atoms with Gasteiger partial charge in [-0.15, -0.1) is 0 Å². The first-order chi connectivity index (χ1) is 15.0. The number of aromatic nitrogens is 4. The van der Waals surface area contributed by atoms with Crippen LogP contribution < -0.4 is 10.6 Å². The number of carbonyl (C=O) groups excluding carboxylic acids is 2. The molecule has 0 aliphatic carbocycles.